The highest BCUT2D eigenvalue weighted by atomic mass is 16.6. The number of nitrogens with zero attached hydrogens (tertiary/aromatic N) is 2. The number of rotatable bonds is 5. The van der Waals surface area contributed by atoms with Crippen LogP contribution in [0.15, 0.2) is 54.6 Å². The van der Waals surface area contributed by atoms with Gasteiger partial charge in [-0.1, -0.05) is 36.4 Å². The Labute approximate surface area is 145 Å². The standard InChI is InChI=1S/C19H20N2O4/c22-18(14-6-2-1-3-7-14)13-16-10-5-11-20(16)19(23)15-8-4-9-17(12-15)21(24)25/h1-4,6-9,12,16,18,22H,5,10-11,13H2. The monoisotopic (exact) mass is 340 g/mol. The largest absolute Gasteiger partial charge is 0.388 e. The van der Waals surface area contributed by atoms with Crippen molar-refractivity contribution in [2.24, 2.45) is 0 Å². The van der Waals surface area contributed by atoms with Gasteiger partial charge >= 0.3 is 0 Å². The first-order valence-electron chi connectivity index (χ1n) is 8.34. The third kappa shape index (κ3) is 3.85. The Morgan fingerprint density at radius 2 is 2.00 bits per heavy atom. The Bertz CT molecular complexity index is 763. The van der Waals surface area contributed by atoms with Crippen LogP contribution in [-0.2, 0) is 0 Å². The number of aliphatic hydroxyl groups is 1. The van der Waals surface area contributed by atoms with Gasteiger partial charge in [0.1, 0.15) is 0 Å². The Hall–Kier alpha value is -2.73. The van der Waals surface area contributed by atoms with Crippen molar-refractivity contribution in [3.63, 3.8) is 0 Å². The van der Waals surface area contributed by atoms with Gasteiger partial charge in [0.15, 0.2) is 0 Å². The zero-order valence-corrected chi connectivity index (χ0v) is 13.7. The lowest BCUT2D eigenvalue weighted by Crippen LogP contribution is -2.36. The normalized spacial score (nSPS) is 18.1. The van der Waals surface area contributed by atoms with Crippen LogP contribution in [0, 0.1) is 10.1 Å². The van der Waals surface area contributed by atoms with Crippen molar-refractivity contribution in [1.29, 1.82) is 0 Å². The minimum absolute atomic E-state index is 0.0676. The van der Waals surface area contributed by atoms with Gasteiger partial charge in [-0.05, 0) is 30.9 Å². The summed E-state index contributed by atoms with van der Waals surface area (Å²) < 4.78 is 0. The van der Waals surface area contributed by atoms with E-state index in [1.807, 2.05) is 30.3 Å². The Morgan fingerprint density at radius 3 is 2.72 bits per heavy atom. The Balaban J connectivity index is 1.74. The molecule has 1 aliphatic heterocycles. The molecule has 2 atom stereocenters. The number of nitro groups is 1. The van der Waals surface area contributed by atoms with E-state index in [1.165, 1.54) is 18.2 Å². The molecule has 25 heavy (non-hydrogen) atoms. The molecule has 6 nitrogen and oxygen atoms in total. The molecular formula is C19H20N2O4. The molecule has 1 saturated heterocycles. The highest BCUT2D eigenvalue weighted by Crippen LogP contribution is 2.29. The van der Waals surface area contributed by atoms with Crippen LogP contribution in [0.1, 0.15) is 41.3 Å². The summed E-state index contributed by atoms with van der Waals surface area (Å²) in [5, 5.41) is 21.4. The predicted octanol–water partition coefficient (Wildman–Crippen LogP) is 3.32. The number of amides is 1. The summed E-state index contributed by atoms with van der Waals surface area (Å²) in [6, 6.07) is 15.1. The summed E-state index contributed by atoms with van der Waals surface area (Å²) in [6.45, 7) is 0.605. The minimum Gasteiger partial charge on any atom is -0.388 e. The predicted molar refractivity (Wildman–Crippen MR) is 93.2 cm³/mol. The number of hydrogen-bond acceptors (Lipinski definition) is 4. The summed E-state index contributed by atoms with van der Waals surface area (Å²) in [5.41, 5.74) is 1.05. The van der Waals surface area contributed by atoms with E-state index in [4.69, 9.17) is 0 Å². The van der Waals surface area contributed by atoms with Crippen LogP contribution in [0.5, 0.6) is 0 Å². The third-order valence-corrected chi connectivity index (χ3v) is 4.62. The van der Waals surface area contributed by atoms with Crippen molar-refractivity contribution in [2.75, 3.05) is 6.54 Å². The third-order valence-electron chi connectivity index (χ3n) is 4.62. The molecule has 1 amide bonds. The molecule has 1 N–H and O–H groups in total. The molecule has 0 bridgehead atoms. The topological polar surface area (TPSA) is 83.7 Å². The van der Waals surface area contributed by atoms with Crippen molar-refractivity contribution in [3.8, 4) is 0 Å². The fourth-order valence-corrected chi connectivity index (χ4v) is 3.34. The van der Waals surface area contributed by atoms with Gasteiger partial charge in [-0.25, -0.2) is 0 Å². The van der Waals surface area contributed by atoms with Crippen molar-refractivity contribution in [2.45, 2.75) is 31.4 Å². The van der Waals surface area contributed by atoms with Crippen LogP contribution >= 0.6 is 0 Å². The number of carbonyl (C=O) groups is 1. The zero-order chi connectivity index (χ0) is 17.8. The second-order valence-electron chi connectivity index (χ2n) is 6.26. The van der Waals surface area contributed by atoms with E-state index in [2.05, 4.69) is 0 Å². The van der Waals surface area contributed by atoms with Crippen LogP contribution in [0.25, 0.3) is 0 Å². The molecular weight excluding hydrogens is 320 g/mol. The van der Waals surface area contributed by atoms with E-state index >= 15 is 0 Å². The maximum atomic E-state index is 12.8. The first kappa shape index (κ1) is 17.1. The van der Waals surface area contributed by atoms with Gasteiger partial charge in [0, 0.05) is 30.3 Å². The maximum Gasteiger partial charge on any atom is 0.270 e. The van der Waals surface area contributed by atoms with E-state index in [1.54, 1.807) is 11.0 Å². The van der Waals surface area contributed by atoms with E-state index in [9.17, 15) is 20.0 Å². The van der Waals surface area contributed by atoms with Gasteiger partial charge in [-0.3, -0.25) is 14.9 Å². The van der Waals surface area contributed by atoms with Crippen molar-refractivity contribution in [1.82, 2.24) is 4.90 Å². The molecule has 2 unspecified atom stereocenters. The molecule has 2 aromatic rings. The van der Waals surface area contributed by atoms with Crippen LogP contribution in [-0.4, -0.2) is 33.4 Å². The van der Waals surface area contributed by atoms with Crippen LogP contribution in [0.3, 0.4) is 0 Å². The van der Waals surface area contributed by atoms with Gasteiger partial charge in [-0.2, -0.15) is 0 Å². The quantitative estimate of drug-likeness (QED) is 0.668. The van der Waals surface area contributed by atoms with Crippen molar-refractivity contribution in [3.05, 3.63) is 75.8 Å². The number of carbonyl (C=O) groups excluding carboxylic acids is 1. The van der Waals surface area contributed by atoms with Gasteiger partial charge in [0.25, 0.3) is 11.6 Å². The molecule has 2 aromatic carbocycles. The van der Waals surface area contributed by atoms with Crippen molar-refractivity contribution < 1.29 is 14.8 Å². The van der Waals surface area contributed by atoms with E-state index in [0.29, 0.717) is 18.5 Å². The summed E-state index contributed by atoms with van der Waals surface area (Å²) in [6.07, 6.45) is 1.52. The highest BCUT2D eigenvalue weighted by molar-refractivity contribution is 5.95. The smallest absolute Gasteiger partial charge is 0.270 e. The fourth-order valence-electron chi connectivity index (χ4n) is 3.34. The number of likely N-dealkylation sites (tertiary alicyclic amines) is 1. The fraction of sp³-hybridized carbons (Fsp3) is 0.316. The first-order valence-corrected chi connectivity index (χ1v) is 8.34. The molecule has 0 radical (unpaired) electrons. The molecule has 1 aliphatic rings. The van der Waals surface area contributed by atoms with Gasteiger partial charge in [0.2, 0.25) is 0 Å². The molecule has 0 aromatic heterocycles. The molecule has 130 valence electrons. The lowest BCUT2D eigenvalue weighted by atomic mass is 10.00. The van der Waals surface area contributed by atoms with Gasteiger partial charge in [0.05, 0.1) is 11.0 Å². The number of aliphatic hydroxyl groups excluding tert-OH is 1. The lowest BCUT2D eigenvalue weighted by Gasteiger charge is -2.27. The number of hydrogen-bond donors (Lipinski definition) is 1. The second-order valence-corrected chi connectivity index (χ2v) is 6.26. The van der Waals surface area contributed by atoms with Crippen LogP contribution < -0.4 is 0 Å². The number of benzene rings is 2. The molecule has 3 rings (SSSR count). The molecule has 0 saturated carbocycles. The molecule has 6 heteroatoms. The maximum absolute atomic E-state index is 12.8. The summed E-state index contributed by atoms with van der Waals surface area (Å²) in [5.74, 6) is -0.216. The summed E-state index contributed by atoms with van der Waals surface area (Å²) in [7, 11) is 0. The van der Waals surface area contributed by atoms with Crippen LogP contribution in [0.4, 0.5) is 5.69 Å². The zero-order valence-electron chi connectivity index (χ0n) is 13.7. The average Bonchev–Trinajstić information content (AvgIpc) is 3.10. The first-order chi connectivity index (χ1) is 12.1. The molecule has 1 heterocycles. The molecule has 1 fully saturated rings. The Morgan fingerprint density at radius 1 is 1.24 bits per heavy atom. The van der Waals surface area contributed by atoms with E-state index in [-0.39, 0.29) is 17.6 Å². The SMILES string of the molecule is O=C(c1cccc([N+](=O)[O-])c1)N1CCCC1CC(O)c1ccccc1. The van der Waals surface area contributed by atoms with Crippen LogP contribution in [0.2, 0.25) is 0 Å². The highest BCUT2D eigenvalue weighted by Gasteiger charge is 2.31. The van der Waals surface area contributed by atoms with E-state index in [0.717, 1.165) is 18.4 Å². The minimum atomic E-state index is -0.635. The number of nitro benzene ring substituents is 1. The van der Waals surface area contributed by atoms with Gasteiger partial charge < -0.3 is 10.0 Å². The number of non-ortho nitro benzene ring substituents is 1. The lowest BCUT2D eigenvalue weighted by molar-refractivity contribution is -0.384. The van der Waals surface area contributed by atoms with E-state index < -0.39 is 11.0 Å². The van der Waals surface area contributed by atoms with Gasteiger partial charge in [-0.15, -0.1) is 0 Å². The Kier molecular flexibility index (Phi) is 5.09. The van der Waals surface area contributed by atoms with Crippen molar-refractivity contribution >= 4 is 11.6 Å². The molecule has 0 aliphatic carbocycles. The summed E-state index contributed by atoms with van der Waals surface area (Å²) in [4.78, 5) is 24.9. The molecule has 0 spiro atoms. The average molecular weight is 340 g/mol. The summed E-state index contributed by atoms with van der Waals surface area (Å²) >= 11 is 0. The second kappa shape index (κ2) is 7.44.